The van der Waals surface area contributed by atoms with Gasteiger partial charge in [-0.3, -0.25) is 4.90 Å². The van der Waals surface area contributed by atoms with Gasteiger partial charge in [0.15, 0.2) is 0 Å². The third-order valence-electron chi connectivity index (χ3n) is 7.22. The van der Waals surface area contributed by atoms with Crippen molar-refractivity contribution >= 4 is 23.0 Å². The molecule has 2 aromatic carbocycles. The van der Waals surface area contributed by atoms with Gasteiger partial charge in [0.25, 0.3) is 0 Å². The molecule has 0 atom stereocenters. The zero-order chi connectivity index (χ0) is 26.2. The van der Waals surface area contributed by atoms with Crippen LogP contribution in [0, 0.1) is 11.6 Å². The standard InChI is InChI=1S/C27H36F2N8/c1-27(2,3)36-11-9-35(10-12-36)24-17-22(16-23(18-24)34-7-5-33(4)6-8-34)31-26-30-19-37(32-26)25-14-20(28)13-21(29)15-25/h13-19H,5-12H2,1-4H3,(H,31,32). The van der Waals surface area contributed by atoms with Crippen LogP contribution in [-0.4, -0.2) is 89.5 Å². The van der Waals surface area contributed by atoms with Crippen molar-refractivity contribution in [1.82, 2.24) is 24.6 Å². The van der Waals surface area contributed by atoms with Gasteiger partial charge >= 0.3 is 0 Å². The Bertz CT molecular complexity index is 1200. The van der Waals surface area contributed by atoms with E-state index in [-0.39, 0.29) is 11.2 Å². The maximum absolute atomic E-state index is 13.7. The minimum atomic E-state index is -0.656. The van der Waals surface area contributed by atoms with Gasteiger partial charge in [0.2, 0.25) is 5.95 Å². The van der Waals surface area contributed by atoms with Crippen molar-refractivity contribution in [3.8, 4) is 5.69 Å². The van der Waals surface area contributed by atoms with Crippen LogP contribution in [-0.2, 0) is 0 Å². The molecule has 0 saturated carbocycles. The van der Waals surface area contributed by atoms with Gasteiger partial charge in [-0.25, -0.2) is 13.5 Å². The van der Waals surface area contributed by atoms with Crippen LogP contribution in [0.5, 0.6) is 0 Å². The van der Waals surface area contributed by atoms with Crippen LogP contribution in [0.25, 0.3) is 5.69 Å². The third kappa shape index (κ3) is 6.02. The van der Waals surface area contributed by atoms with Crippen molar-refractivity contribution in [1.29, 1.82) is 0 Å². The molecule has 0 spiro atoms. The predicted molar refractivity (Wildman–Crippen MR) is 144 cm³/mol. The Morgan fingerprint density at radius 3 is 1.86 bits per heavy atom. The fourth-order valence-electron chi connectivity index (χ4n) is 4.98. The Balaban J connectivity index is 1.40. The molecule has 2 fully saturated rings. The molecule has 198 valence electrons. The van der Waals surface area contributed by atoms with Crippen molar-refractivity contribution in [3.05, 3.63) is 54.4 Å². The highest BCUT2D eigenvalue weighted by Gasteiger charge is 2.26. The largest absolute Gasteiger partial charge is 0.369 e. The summed E-state index contributed by atoms with van der Waals surface area (Å²) in [5, 5.41) is 7.73. The van der Waals surface area contributed by atoms with E-state index in [1.54, 1.807) is 0 Å². The van der Waals surface area contributed by atoms with Crippen molar-refractivity contribution in [3.63, 3.8) is 0 Å². The third-order valence-corrected chi connectivity index (χ3v) is 7.22. The topological polar surface area (TPSA) is 55.7 Å². The van der Waals surface area contributed by atoms with E-state index in [0.29, 0.717) is 5.95 Å². The Hall–Kier alpha value is -3.24. The maximum atomic E-state index is 13.7. The van der Waals surface area contributed by atoms with E-state index in [1.807, 2.05) is 0 Å². The van der Waals surface area contributed by atoms with Crippen molar-refractivity contribution in [2.45, 2.75) is 26.3 Å². The lowest BCUT2D eigenvalue weighted by atomic mass is 10.0. The molecule has 0 aliphatic carbocycles. The quantitative estimate of drug-likeness (QED) is 0.558. The van der Waals surface area contributed by atoms with Gasteiger partial charge in [0.05, 0.1) is 5.69 Å². The Labute approximate surface area is 217 Å². The second-order valence-electron chi connectivity index (χ2n) is 10.9. The summed E-state index contributed by atoms with van der Waals surface area (Å²) in [7, 11) is 2.15. The first-order valence-electron chi connectivity index (χ1n) is 12.9. The Morgan fingerprint density at radius 2 is 1.30 bits per heavy atom. The lowest BCUT2D eigenvalue weighted by Crippen LogP contribution is -2.53. The van der Waals surface area contributed by atoms with Crippen molar-refractivity contribution in [2.24, 2.45) is 0 Å². The molecule has 0 bridgehead atoms. The average Bonchev–Trinajstić information content (AvgIpc) is 3.32. The summed E-state index contributed by atoms with van der Waals surface area (Å²) in [4.78, 5) is 14.1. The van der Waals surface area contributed by atoms with Crippen molar-refractivity contribution < 1.29 is 8.78 Å². The molecular weight excluding hydrogens is 474 g/mol. The zero-order valence-electron chi connectivity index (χ0n) is 22.1. The van der Waals surface area contributed by atoms with Gasteiger partial charge in [-0.15, -0.1) is 5.10 Å². The number of nitrogens with zero attached hydrogens (tertiary/aromatic N) is 7. The van der Waals surface area contributed by atoms with E-state index >= 15 is 0 Å². The summed E-state index contributed by atoms with van der Waals surface area (Å²) in [6.07, 6.45) is 1.45. The number of anilines is 4. The highest BCUT2D eigenvalue weighted by Crippen LogP contribution is 2.31. The van der Waals surface area contributed by atoms with Gasteiger partial charge in [-0.05, 0) is 58.2 Å². The molecule has 2 aliphatic heterocycles. The summed E-state index contributed by atoms with van der Waals surface area (Å²) >= 11 is 0. The first kappa shape index (κ1) is 25.4. The molecule has 10 heteroatoms. The molecule has 2 saturated heterocycles. The highest BCUT2D eigenvalue weighted by molar-refractivity contribution is 5.71. The average molecular weight is 511 g/mol. The van der Waals surface area contributed by atoms with Crippen LogP contribution >= 0.6 is 0 Å². The fourth-order valence-corrected chi connectivity index (χ4v) is 4.98. The molecule has 0 amide bonds. The van der Waals surface area contributed by atoms with Crippen molar-refractivity contribution in [2.75, 3.05) is 74.5 Å². The molecular formula is C27H36F2N8. The molecule has 8 nitrogen and oxygen atoms in total. The first-order chi connectivity index (χ1) is 17.6. The van der Waals surface area contributed by atoms with Gasteiger partial charge in [-0.2, -0.15) is 4.98 Å². The van der Waals surface area contributed by atoms with Crippen LogP contribution in [0.4, 0.5) is 31.8 Å². The van der Waals surface area contributed by atoms with E-state index in [2.05, 4.69) is 81.0 Å². The van der Waals surface area contributed by atoms with Gasteiger partial charge in [0, 0.05) is 81.0 Å². The molecule has 3 heterocycles. The molecule has 37 heavy (non-hydrogen) atoms. The normalized spacial score (nSPS) is 17.9. The van der Waals surface area contributed by atoms with Crippen LogP contribution in [0.3, 0.4) is 0 Å². The number of rotatable bonds is 5. The highest BCUT2D eigenvalue weighted by atomic mass is 19.1. The van der Waals surface area contributed by atoms with Gasteiger partial charge in [-0.1, -0.05) is 0 Å². The molecule has 3 aromatic rings. The molecule has 1 N–H and O–H groups in total. The number of hydrogen-bond donors (Lipinski definition) is 1. The van der Waals surface area contributed by atoms with Gasteiger partial charge < -0.3 is 20.0 Å². The molecule has 2 aliphatic rings. The number of likely N-dealkylation sites (N-methyl/N-ethyl adjacent to an activating group) is 1. The summed E-state index contributed by atoms with van der Waals surface area (Å²) in [5.41, 5.74) is 3.65. The number of hydrogen-bond acceptors (Lipinski definition) is 7. The van der Waals surface area contributed by atoms with E-state index in [4.69, 9.17) is 0 Å². The van der Waals surface area contributed by atoms with Crippen LogP contribution in [0.2, 0.25) is 0 Å². The number of halogens is 2. The number of benzene rings is 2. The molecule has 1 aromatic heterocycles. The molecule has 0 radical (unpaired) electrons. The molecule has 0 unspecified atom stereocenters. The lowest BCUT2D eigenvalue weighted by Gasteiger charge is -2.43. The fraction of sp³-hybridized carbons (Fsp3) is 0.481. The second kappa shape index (κ2) is 10.3. The predicted octanol–water partition coefficient (Wildman–Crippen LogP) is 3.96. The smallest absolute Gasteiger partial charge is 0.246 e. The zero-order valence-corrected chi connectivity index (χ0v) is 22.1. The number of aromatic nitrogens is 3. The van der Waals surface area contributed by atoms with E-state index in [9.17, 15) is 8.78 Å². The van der Waals surface area contributed by atoms with Crippen LogP contribution in [0.15, 0.2) is 42.7 Å². The number of piperazine rings is 2. The Kier molecular flexibility index (Phi) is 7.04. The van der Waals surface area contributed by atoms with Crippen LogP contribution in [0.1, 0.15) is 20.8 Å². The lowest BCUT2D eigenvalue weighted by molar-refractivity contribution is 0.128. The van der Waals surface area contributed by atoms with E-state index in [1.165, 1.54) is 28.8 Å². The molecule has 5 rings (SSSR count). The monoisotopic (exact) mass is 510 g/mol. The van der Waals surface area contributed by atoms with Crippen LogP contribution < -0.4 is 15.1 Å². The first-order valence-corrected chi connectivity index (χ1v) is 12.9. The number of nitrogens with one attached hydrogen (secondary N) is 1. The van der Waals surface area contributed by atoms with E-state index < -0.39 is 11.6 Å². The Morgan fingerprint density at radius 1 is 0.730 bits per heavy atom. The minimum Gasteiger partial charge on any atom is -0.369 e. The second-order valence-corrected chi connectivity index (χ2v) is 10.9. The summed E-state index contributed by atoms with van der Waals surface area (Å²) in [5.74, 6) is -0.948. The van der Waals surface area contributed by atoms with Gasteiger partial charge in [0.1, 0.15) is 18.0 Å². The summed E-state index contributed by atoms with van der Waals surface area (Å²) in [6.45, 7) is 14.7. The van der Waals surface area contributed by atoms with E-state index in [0.717, 1.165) is 69.8 Å². The summed E-state index contributed by atoms with van der Waals surface area (Å²) < 4.78 is 28.7. The summed E-state index contributed by atoms with van der Waals surface area (Å²) in [6, 6.07) is 9.84. The maximum Gasteiger partial charge on any atom is 0.246 e. The minimum absolute atomic E-state index is 0.162. The SMILES string of the molecule is CN1CCN(c2cc(Nc3ncn(-c4cc(F)cc(F)c4)n3)cc(N3CCN(C(C)(C)C)CC3)c2)CC1.